The van der Waals surface area contributed by atoms with Crippen molar-refractivity contribution < 1.29 is 14.3 Å². The summed E-state index contributed by atoms with van der Waals surface area (Å²) >= 11 is 1.48. The Kier molecular flexibility index (Phi) is 4.85. The van der Waals surface area contributed by atoms with Crippen molar-refractivity contribution in [3.63, 3.8) is 0 Å². The monoisotopic (exact) mass is 328 g/mol. The zero-order valence-electron chi connectivity index (χ0n) is 12.3. The fourth-order valence-corrected chi connectivity index (χ4v) is 2.95. The van der Waals surface area contributed by atoms with E-state index in [4.69, 9.17) is 4.42 Å². The van der Waals surface area contributed by atoms with E-state index >= 15 is 0 Å². The molecule has 1 amide bonds. The molecule has 0 radical (unpaired) electrons. The van der Waals surface area contributed by atoms with Gasteiger partial charge in [0, 0.05) is 6.54 Å². The van der Waals surface area contributed by atoms with Gasteiger partial charge in [-0.15, -0.1) is 11.3 Å². The lowest BCUT2D eigenvalue weighted by atomic mass is 10.1. The van der Waals surface area contributed by atoms with Gasteiger partial charge in [-0.3, -0.25) is 4.79 Å². The number of nitrogens with zero attached hydrogens (tertiary/aromatic N) is 1. The molecule has 3 rings (SSSR count). The molecule has 1 aromatic carbocycles. The number of amides is 1. The molecule has 5 nitrogen and oxygen atoms in total. The van der Waals surface area contributed by atoms with Crippen LogP contribution in [0.25, 0.3) is 10.6 Å². The van der Waals surface area contributed by atoms with E-state index in [2.05, 4.69) is 10.3 Å². The van der Waals surface area contributed by atoms with E-state index in [-0.39, 0.29) is 11.6 Å². The Morgan fingerprint density at radius 3 is 2.83 bits per heavy atom. The number of hydrogen-bond acceptors (Lipinski definition) is 5. The van der Waals surface area contributed by atoms with Gasteiger partial charge < -0.3 is 14.8 Å². The van der Waals surface area contributed by atoms with Crippen molar-refractivity contribution in [3.8, 4) is 10.6 Å². The van der Waals surface area contributed by atoms with Gasteiger partial charge in [-0.25, -0.2) is 4.98 Å². The second kappa shape index (κ2) is 7.21. The van der Waals surface area contributed by atoms with E-state index in [1.807, 2.05) is 47.8 Å². The van der Waals surface area contributed by atoms with Crippen LogP contribution in [0.1, 0.15) is 28.6 Å². The lowest BCUT2D eigenvalue weighted by molar-refractivity contribution is 0.0938. The number of thiophene rings is 1. The average Bonchev–Trinajstić information content (AvgIpc) is 3.26. The van der Waals surface area contributed by atoms with Crippen LogP contribution in [0.15, 0.2) is 58.7 Å². The highest BCUT2D eigenvalue weighted by atomic mass is 32.1. The zero-order chi connectivity index (χ0) is 16.1. The maximum atomic E-state index is 12.2. The van der Waals surface area contributed by atoms with Crippen molar-refractivity contribution in [2.45, 2.75) is 12.5 Å². The zero-order valence-corrected chi connectivity index (χ0v) is 13.1. The topological polar surface area (TPSA) is 75.4 Å². The molecule has 0 fully saturated rings. The standard InChI is InChI=1S/C17H16N2O3S/c20-13(12-5-2-1-3-6-12)8-9-18-17(21)15-16(22-11-19-15)14-7-4-10-23-14/h1-7,10-11,13,20H,8-9H2,(H,18,21). The molecule has 0 spiro atoms. The first-order chi connectivity index (χ1) is 11.3. The van der Waals surface area contributed by atoms with Gasteiger partial charge in [-0.2, -0.15) is 0 Å². The molecule has 118 valence electrons. The molecule has 3 aromatic rings. The summed E-state index contributed by atoms with van der Waals surface area (Å²) in [4.78, 5) is 17.1. The van der Waals surface area contributed by atoms with Gasteiger partial charge in [0.05, 0.1) is 11.0 Å². The highest BCUT2D eigenvalue weighted by Gasteiger charge is 2.19. The van der Waals surface area contributed by atoms with E-state index in [1.54, 1.807) is 0 Å². The molecule has 0 saturated heterocycles. The summed E-state index contributed by atoms with van der Waals surface area (Å²) in [5, 5.41) is 14.8. The predicted molar refractivity (Wildman–Crippen MR) is 88.2 cm³/mol. The fourth-order valence-electron chi connectivity index (χ4n) is 2.24. The summed E-state index contributed by atoms with van der Waals surface area (Å²) in [6, 6.07) is 13.1. The summed E-state index contributed by atoms with van der Waals surface area (Å²) in [6.07, 6.45) is 1.09. The quantitative estimate of drug-likeness (QED) is 0.728. The number of nitrogens with one attached hydrogen (secondary N) is 1. The lowest BCUT2D eigenvalue weighted by Gasteiger charge is -2.11. The van der Waals surface area contributed by atoms with Crippen molar-refractivity contribution in [1.82, 2.24) is 10.3 Å². The summed E-state index contributed by atoms with van der Waals surface area (Å²) in [5.41, 5.74) is 1.10. The molecular weight excluding hydrogens is 312 g/mol. The van der Waals surface area contributed by atoms with Crippen LogP contribution in [-0.2, 0) is 0 Å². The Morgan fingerprint density at radius 1 is 1.26 bits per heavy atom. The van der Waals surface area contributed by atoms with Gasteiger partial charge in [-0.1, -0.05) is 36.4 Å². The molecule has 0 aliphatic rings. The second-order valence-electron chi connectivity index (χ2n) is 4.98. The van der Waals surface area contributed by atoms with Crippen LogP contribution >= 0.6 is 11.3 Å². The SMILES string of the molecule is O=C(NCCC(O)c1ccccc1)c1ncoc1-c1cccs1. The molecule has 0 aliphatic heterocycles. The Bertz CT molecular complexity index is 753. The lowest BCUT2D eigenvalue weighted by Crippen LogP contribution is -2.26. The number of aliphatic hydroxyl groups excluding tert-OH is 1. The van der Waals surface area contributed by atoms with Gasteiger partial charge in [0.2, 0.25) is 0 Å². The largest absolute Gasteiger partial charge is 0.442 e. The van der Waals surface area contributed by atoms with Crippen LogP contribution in [-0.4, -0.2) is 22.5 Å². The van der Waals surface area contributed by atoms with E-state index in [0.29, 0.717) is 18.7 Å². The average molecular weight is 328 g/mol. The number of carbonyl (C=O) groups is 1. The third-order valence-electron chi connectivity index (χ3n) is 3.42. The molecule has 23 heavy (non-hydrogen) atoms. The van der Waals surface area contributed by atoms with Gasteiger partial charge in [0.1, 0.15) is 0 Å². The van der Waals surface area contributed by atoms with Crippen molar-refractivity contribution in [2.75, 3.05) is 6.54 Å². The molecule has 2 N–H and O–H groups in total. The highest BCUT2D eigenvalue weighted by molar-refractivity contribution is 7.13. The maximum absolute atomic E-state index is 12.2. The van der Waals surface area contributed by atoms with Crippen LogP contribution in [0.5, 0.6) is 0 Å². The van der Waals surface area contributed by atoms with Crippen molar-refractivity contribution in [2.24, 2.45) is 0 Å². The first kappa shape index (κ1) is 15.5. The van der Waals surface area contributed by atoms with Gasteiger partial charge in [-0.05, 0) is 23.4 Å². The molecule has 1 unspecified atom stereocenters. The normalized spacial score (nSPS) is 12.0. The molecule has 6 heteroatoms. The van der Waals surface area contributed by atoms with Gasteiger partial charge >= 0.3 is 0 Å². The highest BCUT2D eigenvalue weighted by Crippen LogP contribution is 2.27. The number of hydrogen-bond donors (Lipinski definition) is 2. The Labute approximate surface area is 137 Å². The van der Waals surface area contributed by atoms with Crippen molar-refractivity contribution >= 4 is 17.2 Å². The van der Waals surface area contributed by atoms with Crippen LogP contribution in [0.4, 0.5) is 0 Å². The first-order valence-electron chi connectivity index (χ1n) is 7.24. The van der Waals surface area contributed by atoms with Crippen LogP contribution in [0.3, 0.4) is 0 Å². The number of carbonyl (C=O) groups excluding carboxylic acids is 1. The number of rotatable bonds is 6. The minimum absolute atomic E-state index is 0.265. The number of aromatic nitrogens is 1. The molecule has 2 aromatic heterocycles. The maximum Gasteiger partial charge on any atom is 0.273 e. The summed E-state index contributed by atoms with van der Waals surface area (Å²) in [7, 11) is 0. The second-order valence-corrected chi connectivity index (χ2v) is 5.93. The minimum Gasteiger partial charge on any atom is -0.442 e. The van der Waals surface area contributed by atoms with Crippen LogP contribution < -0.4 is 5.32 Å². The van der Waals surface area contributed by atoms with E-state index in [9.17, 15) is 9.90 Å². The molecular formula is C17H16N2O3S. The van der Waals surface area contributed by atoms with E-state index in [1.165, 1.54) is 17.7 Å². The van der Waals surface area contributed by atoms with E-state index < -0.39 is 6.10 Å². The third-order valence-corrected chi connectivity index (χ3v) is 4.28. The Balaban J connectivity index is 1.57. The number of aliphatic hydroxyl groups is 1. The molecule has 2 heterocycles. The summed E-state index contributed by atoms with van der Waals surface area (Å²) in [6.45, 7) is 0.353. The van der Waals surface area contributed by atoms with Gasteiger partial charge in [0.25, 0.3) is 5.91 Å². The molecule has 1 atom stereocenters. The first-order valence-corrected chi connectivity index (χ1v) is 8.12. The van der Waals surface area contributed by atoms with Crippen LogP contribution in [0, 0.1) is 0 Å². The Hall–Kier alpha value is -2.44. The molecule has 0 saturated carbocycles. The van der Waals surface area contributed by atoms with Crippen molar-refractivity contribution in [3.05, 3.63) is 65.5 Å². The fraction of sp³-hybridized carbons (Fsp3) is 0.176. The number of oxazole rings is 1. The molecule has 0 bridgehead atoms. The van der Waals surface area contributed by atoms with E-state index in [0.717, 1.165) is 10.4 Å². The Morgan fingerprint density at radius 2 is 2.09 bits per heavy atom. The minimum atomic E-state index is -0.606. The summed E-state index contributed by atoms with van der Waals surface area (Å²) < 4.78 is 5.32. The van der Waals surface area contributed by atoms with Crippen LogP contribution in [0.2, 0.25) is 0 Å². The van der Waals surface area contributed by atoms with Crippen molar-refractivity contribution in [1.29, 1.82) is 0 Å². The smallest absolute Gasteiger partial charge is 0.273 e. The number of benzene rings is 1. The predicted octanol–water partition coefficient (Wildman–Crippen LogP) is 3.26. The summed E-state index contributed by atoms with van der Waals surface area (Å²) in [5.74, 6) is 0.170. The third kappa shape index (κ3) is 3.67. The van der Waals surface area contributed by atoms with Gasteiger partial charge in [0.15, 0.2) is 17.8 Å². The molecule has 0 aliphatic carbocycles.